The summed E-state index contributed by atoms with van der Waals surface area (Å²) in [6, 6.07) is 6.00. The maximum atomic E-state index is 13.5. The SMILES string of the molecule is Cc1ccc(S(=O)(=O)N2CCC[C@H]2C(=O)N2CCOCCOCCOCCOCCOCC2)cc1. The fourth-order valence-electron chi connectivity index (χ4n) is 3.99. The molecule has 0 aromatic heterocycles. The standard InChI is InChI=1S/C24H38N2O8S/c1-21-4-6-22(7-5-21)35(28,29)26-8-2-3-23(26)24(27)25-9-11-30-13-15-32-17-19-34-20-18-33-16-14-31-12-10-25/h4-7,23H,2-3,8-20H2,1H3/t23-/m0/s1. The molecule has 0 aliphatic carbocycles. The van der Waals surface area contributed by atoms with Gasteiger partial charge in [0, 0.05) is 19.6 Å². The topological polar surface area (TPSA) is 104 Å². The second kappa shape index (κ2) is 14.8. The second-order valence-electron chi connectivity index (χ2n) is 8.47. The van der Waals surface area contributed by atoms with Crippen LogP contribution in [0.2, 0.25) is 0 Å². The zero-order chi connectivity index (χ0) is 24.9. The highest BCUT2D eigenvalue weighted by Crippen LogP contribution is 2.27. The number of hydrogen-bond donors (Lipinski definition) is 0. The minimum absolute atomic E-state index is 0.208. The zero-order valence-electron chi connectivity index (χ0n) is 20.6. The summed E-state index contributed by atoms with van der Waals surface area (Å²) in [6.07, 6.45) is 1.13. The largest absolute Gasteiger partial charge is 0.377 e. The Morgan fingerprint density at radius 1 is 0.743 bits per heavy atom. The molecule has 0 unspecified atom stereocenters. The van der Waals surface area contributed by atoms with Gasteiger partial charge in [0.2, 0.25) is 15.9 Å². The van der Waals surface area contributed by atoms with Crippen LogP contribution in [0.4, 0.5) is 0 Å². The minimum atomic E-state index is -3.77. The summed E-state index contributed by atoms with van der Waals surface area (Å²) in [6.45, 7) is 7.17. The van der Waals surface area contributed by atoms with E-state index in [9.17, 15) is 13.2 Å². The van der Waals surface area contributed by atoms with Gasteiger partial charge in [-0.1, -0.05) is 17.7 Å². The third kappa shape index (κ3) is 8.78. The summed E-state index contributed by atoms with van der Waals surface area (Å²) in [7, 11) is -3.77. The maximum absolute atomic E-state index is 13.5. The first-order valence-electron chi connectivity index (χ1n) is 12.3. The number of carbonyl (C=O) groups is 1. The number of ether oxygens (including phenoxy) is 5. The second-order valence-corrected chi connectivity index (χ2v) is 10.4. The molecule has 0 bridgehead atoms. The molecule has 1 amide bonds. The number of hydrogen-bond acceptors (Lipinski definition) is 8. The molecular weight excluding hydrogens is 476 g/mol. The molecule has 1 aromatic carbocycles. The van der Waals surface area contributed by atoms with Crippen LogP contribution in [-0.4, -0.2) is 115 Å². The average molecular weight is 515 g/mol. The lowest BCUT2D eigenvalue weighted by molar-refractivity contribution is -0.136. The monoisotopic (exact) mass is 514 g/mol. The molecule has 11 heteroatoms. The Balaban J connectivity index is 1.63. The van der Waals surface area contributed by atoms with Gasteiger partial charge in [-0.15, -0.1) is 0 Å². The highest BCUT2D eigenvalue weighted by Gasteiger charge is 2.41. The molecule has 10 nitrogen and oxygen atoms in total. The minimum Gasteiger partial charge on any atom is -0.377 e. The smallest absolute Gasteiger partial charge is 0.243 e. The Bertz CT molecular complexity index is 847. The number of amides is 1. The molecule has 35 heavy (non-hydrogen) atoms. The van der Waals surface area contributed by atoms with Gasteiger partial charge in [-0.05, 0) is 31.9 Å². The normalized spacial score (nSPS) is 23.5. The lowest BCUT2D eigenvalue weighted by atomic mass is 10.2. The Labute approximate surface area is 208 Å². The number of sulfonamides is 1. The molecule has 0 N–H and O–H groups in total. The predicted molar refractivity (Wildman–Crippen MR) is 129 cm³/mol. The van der Waals surface area contributed by atoms with E-state index in [1.807, 2.05) is 6.92 Å². The fraction of sp³-hybridized carbons (Fsp3) is 0.708. The lowest BCUT2D eigenvalue weighted by Gasteiger charge is -2.30. The van der Waals surface area contributed by atoms with Crippen molar-refractivity contribution in [1.82, 2.24) is 9.21 Å². The van der Waals surface area contributed by atoms with E-state index in [1.54, 1.807) is 29.2 Å². The summed E-state index contributed by atoms with van der Waals surface area (Å²) in [5.41, 5.74) is 0.977. The van der Waals surface area contributed by atoms with Crippen LogP contribution in [0.15, 0.2) is 29.2 Å². The first kappa shape index (κ1) is 28.0. The van der Waals surface area contributed by atoms with Crippen molar-refractivity contribution in [3.8, 4) is 0 Å². The molecule has 2 aliphatic rings. The first-order chi connectivity index (χ1) is 17.0. The van der Waals surface area contributed by atoms with Crippen molar-refractivity contribution in [3.05, 3.63) is 29.8 Å². The van der Waals surface area contributed by atoms with Crippen LogP contribution in [0, 0.1) is 6.92 Å². The van der Waals surface area contributed by atoms with Gasteiger partial charge >= 0.3 is 0 Å². The number of rotatable bonds is 3. The van der Waals surface area contributed by atoms with Gasteiger partial charge in [0.25, 0.3) is 0 Å². The highest BCUT2D eigenvalue weighted by atomic mass is 32.2. The number of carbonyl (C=O) groups excluding carboxylic acids is 1. The highest BCUT2D eigenvalue weighted by molar-refractivity contribution is 7.89. The summed E-state index contributed by atoms with van der Waals surface area (Å²) < 4.78 is 55.6. The third-order valence-electron chi connectivity index (χ3n) is 5.93. The van der Waals surface area contributed by atoms with E-state index in [-0.39, 0.29) is 10.8 Å². The van der Waals surface area contributed by atoms with Gasteiger partial charge in [0.15, 0.2) is 0 Å². The van der Waals surface area contributed by atoms with Crippen LogP contribution in [0.1, 0.15) is 18.4 Å². The molecule has 1 atom stereocenters. The van der Waals surface area contributed by atoms with E-state index in [4.69, 9.17) is 23.7 Å². The van der Waals surface area contributed by atoms with Gasteiger partial charge in [0.05, 0.1) is 71.0 Å². The molecule has 2 heterocycles. The van der Waals surface area contributed by atoms with Gasteiger partial charge in [-0.3, -0.25) is 4.79 Å². The van der Waals surface area contributed by atoms with Crippen molar-refractivity contribution in [2.75, 3.05) is 85.7 Å². The molecule has 0 radical (unpaired) electrons. The molecule has 2 aliphatic heterocycles. The van der Waals surface area contributed by atoms with Crippen molar-refractivity contribution < 1.29 is 36.9 Å². The summed E-state index contributed by atoms with van der Waals surface area (Å²) in [5, 5.41) is 0. The molecule has 0 spiro atoms. The van der Waals surface area contributed by atoms with E-state index in [0.717, 1.165) is 5.56 Å². The quantitative estimate of drug-likeness (QED) is 0.590. The molecule has 3 rings (SSSR count). The summed E-state index contributed by atoms with van der Waals surface area (Å²) >= 11 is 0. The van der Waals surface area contributed by atoms with E-state index in [0.29, 0.717) is 98.5 Å². The van der Waals surface area contributed by atoms with Crippen LogP contribution in [0.3, 0.4) is 0 Å². The first-order valence-corrected chi connectivity index (χ1v) is 13.7. The number of aryl methyl sites for hydroxylation is 1. The van der Waals surface area contributed by atoms with Gasteiger partial charge in [-0.25, -0.2) is 8.42 Å². The van der Waals surface area contributed by atoms with E-state index in [1.165, 1.54) is 4.31 Å². The summed E-state index contributed by atoms with van der Waals surface area (Å²) in [5.74, 6) is -0.218. The van der Waals surface area contributed by atoms with Crippen molar-refractivity contribution >= 4 is 15.9 Å². The maximum Gasteiger partial charge on any atom is 0.243 e. The molecule has 1 aromatic rings. The molecule has 2 fully saturated rings. The Morgan fingerprint density at radius 2 is 1.20 bits per heavy atom. The molecular formula is C24H38N2O8S. The van der Waals surface area contributed by atoms with Crippen LogP contribution >= 0.6 is 0 Å². The third-order valence-corrected chi connectivity index (χ3v) is 7.85. The lowest BCUT2D eigenvalue weighted by Crippen LogP contribution is -2.49. The summed E-state index contributed by atoms with van der Waals surface area (Å²) in [4.78, 5) is 15.4. The Hall–Kier alpha value is -1.60. The van der Waals surface area contributed by atoms with E-state index >= 15 is 0 Å². The van der Waals surface area contributed by atoms with Gasteiger partial charge < -0.3 is 28.6 Å². The Morgan fingerprint density at radius 3 is 1.69 bits per heavy atom. The van der Waals surface area contributed by atoms with E-state index < -0.39 is 16.1 Å². The van der Waals surface area contributed by atoms with Crippen molar-refractivity contribution in [2.24, 2.45) is 0 Å². The van der Waals surface area contributed by atoms with Crippen molar-refractivity contribution in [1.29, 1.82) is 0 Å². The Kier molecular flexibility index (Phi) is 11.9. The van der Waals surface area contributed by atoms with Crippen molar-refractivity contribution in [2.45, 2.75) is 30.7 Å². The molecule has 198 valence electrons. The average Bonchev–Trinajstić information content (AvgIpc) is 3.35. The zero-order valence-corrected chi connectivity index (χ0v) is 21.4. The van der Waals surface area contributed by atoms with Gasteiger partial charge in [-0.2, -0.15) is 4.31 Å². The van der Waals surface area contributed by atoms with Crippen LogP contribution < -0.4 is 0 Å². The van der Waals surface area contributed by atoms with E-state index in [2.05, 4.69) is 0 Å². The van der Waals surface area contributed by atoms with Gasteiger partial charge in [0.1, 0.15) is 6.04 Å². The predicted octanol–water partition coefficient (Wildman–Crippen LogP) is 1.07. The van der Waals surface area contributed by atoms with Crippen LogP contribution in [0.25, 0.3) is 0 Å². The van der Waals surface area contributed by atoms with Crippen molar-refractivity contribution in [3.63, 3.8) is 0 Å². The fourth-order valence-corrected chi connectivity index (χ4v) is 5.65. The number of nitrogens with zero attached hydrogens (tertiary/aromatic N) is 2. The van der Waals surface area contributed by atoms with Crippen LogP contribution in [-0.2, 0) is 38.5 Å². The molecule has 0 saturated carbocycles. The molecule has 2 saturated heterocycles. The van der Waals surface area contributed by atoms with Crippen LogP contribution in [0.5, 0.6) is 0 Å². The number of benzene rings is 1.